The molecule has 0 aliphatic heterocycles. The van der Waals surface area contributed by atoms with E-state index in [0.717, 1.165) is 29.3 Å². The summed E-state index contributed by atoms with van der Waals surface area (Å²) in [5.41, 5.74) is 1.28. The van der Waals surface area contributed by atoms with Crippen LogP contribution in [0, 0.1) is 5.92 Å². The molecule has 2 rings (SSSR count). The van der Waals surface area contributed by atoms with Gasteiger partial charge in [-0.2, -0.15) is 0 Å². The number of hydrogen-bond acceptors (Lipinski definition) is 8. The van der Waals surface area contributed by atoms with Crippen LogP contribution in [0.2, 0.25) is 0 Å². The van der Waals surface area contributed by atoms with Gasteiger partial charge in [0.25, 0.3) is 0 Å². The number of benzene rings is 2. The Bertz CT molecular complexity index is 1220. The zero-order valence-electron chi connectivity index (χ0n) is 21.7. The molecule has 0 aliphatic carbocycles. The van der Waals surface area contributed by atoms with Crippen LogP contribution in [0.5, 0.6) is 17.2 Å². The lowest BCUT2D eigenvalue weighted by Gasteiger charge is -2.13. The first kappa shape index (κ1) is 30.9. The van der Waals surface area contributed by atoms with Gasteiger partial charge in [0.15, 0.2) is 5.78 Å². The number of aromatic hydroxyl groups is 3. The molecule has 208 valence electrons. The number of ether oxygens (including phenoxy) is 1. The molecule has 1 unspecified atom stereocenters. The van der Waals surface area contributed by atoms with Gasteiger partial charge < -0.3 is 30.3 Å². The van der Waals surface area contributed by atoms with Crippen molar-refractivity contribution < 1.29 is 44.7 Å². The normalized spacial score (nSPS) is 12.9. The molecule has 0 spiro atoms. The smallest absolute Gasteiger partial charge is 0.331 e. The minimum absolute atomic E-state index is 0.0772. The number of aliphatic hydroxyl groups is 1. The number of phenolic OH excluding ortho intramolecular Hbond substituents is 3. The van der Waals surface area contributed by atoms with Gasteiger partial charge in [-0.1, -0.05) is 18.2 Å². The van der Waals surface area contributed by atoms with Gasteiger partial charge in [-0.25, -0.2) is 9.59 Å². The second kappa shape index (κ2) is 15.8. The molecule has 0 fully saturated rings. The Morgan fingerprint density at radius 1 is 0.974 bits per heavy atom. The minimum atomic E-state index is -1.26. The van der Waals surface area contributed by atoms with Crippen LogP contribution in [0.1, 0.15) is 54.9 Å². The predicted octanol–water partition coefficient (Wildman–Crippen LogP) is 4.76. The highest BCUT2D eigenvalue weighted by Gasteiger charge is 2.16. The molecule has 0 saturated heterocycles. The Balaban J connectivity index is 1.78. The maximum atomic E-state index is 12.4. The maximum Gasteiger partial charge on any atom is 0.331 e. The van der Waals surface area contributed by atoms with E-state index in [-0.39, 0.29) is 53.9 Å². The number of hydrogen-bond donors (Lipinski definition) is 5. The highest BCUT2D eigenvalue weighted by atomic mass is 16.5. The summed E-state index contributed by atoms with van der Waals surface area (Å²) in [5, 5.41) is 47.8. The van der Waals surface area contributed by atoms with Crippen LogP contribution >= 0.6 is 0 Å². The molecule has 2 aromatic rings. The second-order valence-corrected chi connectivity index (χ2v) is 9.14. The van der Waals surface area contributed by atoms with Crippen LogP contribution in [0.3, 0.4) is 0 Å². The molecule has 0 heterocycles. The van der Waals surface area contributed by atoms with E-state index in [1.165, 1.54) is 24.3 Å². The summed E-state index contributed by atoms with van der Waals surface area (Å²) in [6.45, 7) is 1.88. The van der Waals surface area contributed by atoms with Crippen molar-refractivity contribution in [3.8, 4) is 17.2 Å². The van der Waals surface area contributed by atoms with Gasteiger partial charge in [-0.3, -0.25) is 4.79 Å². The summed E-state index contributed by atoms with van der Waals surface area (Å²) < 4.78 is 5.21. The van der Waals surface area contributed by atoms with Crippen LogP contribution in [-0.4, -0.2) is 56.5 Å². The third kappa shape index (κ3) is 11.3. The highest BCUT2D eigenvalue weighted by Crippen LogP contribution is 2.24. The summed E-state index contributed by atoms with van der Waals surface area (Å²) >= 11 is 0. The van der Waals surface area contributed by atoms with Crippen molar-refractivity contribution >= 4 is 23.8 Å². The van der Waals surface area contributed by atoms with Crippen molar-refractivity contribution in [3.63, 3.8) is 0 Å². The number of esters is 1. The van der Waals surface area contributed by atoms with Gasteiger partial charge in [0.2, 0.25) is 0 Å². The summed E-state index contributed by atoms with van der Waals surface area (Å²) in [5.74, 6) is -3.00. The van der Waals surface area contributed by atoms with E-state index in [1.807, 2.05) is 13.0 Å². The van der Waals surface area contributed by atoms with Crippen molar-refractivity contribution in [1.29, 1.82) is 0 Å². The predicted molar refractivity (Wildman–Crippen MR) is 145 cm³/mol. The van der Waals surface area contributed by atoms with E-state index in [1.54, 1.807) is 18.2 Å². The monoisotopic (exact) mass is 538 g/mol. The van der Waals surface area contributed by atoms with Crippen molar-refractivity contribution in [3.05, 3.63) is 83.0 Å². The highest BCUT2D eigenvalue weighted by molar-refractivity contribution is 6.10. The van der Waals surface area contributed by atoms with Crippen molar-refractivity contribution in [2.45, 2.75) is 39.0 Å². The molecule has 9 heteroatoms. The molecule has 0 aliphatic rings. The third-order valence-electron chi connectivity index (χ3n) is 5.96. The largest absolute Gasteiger partial charge is 0.508 e. The summed E-state index contributed by atoms with van der Waals surface area (Å²) in [6.07, 6.45) is 8.10. The molecule has 0 amide bonds. The fraction of sp³-hybridized carbons (Fsp3) is 0.300. The Labute approximate surface area is 227 Å². The molecular weight excluding hydrogens is 504 g/mol. The number of carboxylic acids is 1. The maximum absolute atomic E-state index is 12.4. The summed E-state index contributed by atoms with van der Waals surface area (Å²) in [7, 11) is 0. The van der Waals surface area contributed by atoms with Crippen LogP contribution in [0.25, 0.3) is 6.08 Å². The van der Waals surface area contributed by atoms with E-state index in [2.05, 4.69) is 0 Å². The number of ketones is 1. The van der Waals surface area contributed by atoms with Crippen molar-refractivity contribution in [1.82, 2.24) is 0 Å². The third-order valence-corrected chi connectivity index (χ3v) is 5.96. The molecule has 5 N–H and O–H groups in total. The average Bonchev–Trinajstić information content (AvgIpc) is 2.91. The first-order chi connectivity index (χ1) is 18.6. The fourth-order valence-electron chi connectivity index (χ4n) is 3.71. The van der Waals surface area contributed by atoms with E-state index in [9.17, 15) is 39.9 Å². The zero-order chi connectivity index (χ0) is 28.8. The van der Waals surface area contributed by atoms with Crippen LogP contribution in [0.4, 0.5) is 0 Å². The number of carbonyl (C=O) groups is 3. The van der Waals surface area contributed by atoms with Crippen LogP contribution < -0.4 is 0 Å². The lowest BCUT2D eigenvalue weighted by Crippen LogP contribution is -2.09. The standard InChI is InChI=1S/C30H34O9/c1-20(19-39-29(36)15-10-21-8-11-24(32)12-9-21)4-2-5-22(18-31)6-3-7-23(30(37)38)16-28(35)26-17-25(33)13-14-27(26)34/h4,8-17,22,31-34H,2-3,5-7,18-19H2,1H3,(H,37,38). The molecule has 0 saturated carbocycles. The first-order valence-corrected chi connectivity index (χ1v) is 12.5. The van der Waals surface area contributed by atoms with Crippen molar-refractivity contribution in [2.75, 3.05) is 13.2 Å². The van der Waals surface area contributed by atoms with Crippen LogP contribution in [0.15, 0.2) is 71.8 Å². The van der Waals surface area contributed by atoms with E-state index >= 15 is 0 Å². The number of carboxylic acid groups (broad SMARTS) is 1. The Hall–Kier alpha value is -4.37. The van der Waals surface area contributed by atoms with Gasteiger partial charge in [-0.15, -0.1) is 0 Å². The molecule has 39 heavy (non-hydrogen) atoms. The molecule has 0 aromatic heterocycles. The first-order valence-electron chi connectivity index (χ1n) is 12.5. The lowest BCUT2D eigenvalue weighted by molar-refractivity contribution is -0.136. The zero-order valence-corrected chi connectivity index (χ0v) is 21.7. The Kier molecular flexibility index (Phi) is 12.5. The molecule has 1 atom stereocenters. The van der Waals surface area contributed by atoms with Gasteiger partial charge in [0, 0.05) is 18.3 Å². The number of aliphatic carboxylic acids is 1. The Morgan fingerprint density at radius 3 is 2.33 bits per heavy atom. The molecule has 0 radical (unpaired) electrons. The number of rotatable bonds is 15. The molecule has 0 bridgehead atoms. The van der Waals surface area contributed by atoms with Gasteiger partial charge in [0.05, 0.1) is 5.56 Å². The van der Waals surface area contributed by atoms with Gasteiger partial charge >= 0.3 is 11.9 Å². The fourth-order valence-corrected chi connectivity index (χ4v) is 3.71. The van der Waals surface area contributed by atoms with E-state index < -0.39 is 17.7 Å². The van der Waals surface area contributed by atoms with E-state index in [0.29, 0.717) is 25.7 Å². The quantitative estimate of drug-likeness (QED) is 0.0708. The molecular formula is C30H34O9. The molecule has 9 nitrogen and oxygen atoms in total. The van der Waals surface area contributed by atoms with Gasteiger partial charge in [0.1, 0.15) is 23.9 Å². The second-order valence-electron chi connectivity index (χ2n) is 9.14. The molecule has 2 aromatic carbocycles. The van der Waals surface area contributed by atoms with Crippen molar-refractivity contribution in [2.24, 2.45) is 5.92 Å². The minimum Gasteiger partial charge on any atom is -0.508 e. The van der Waals surface area contributed by atoms with E-state index in [4.69, 9.17) is 4.74 Å². The summed E-state index contributed by atoms with van der Waals surface area (Å²) in [6, 6.07) is 9.81. The van der Waals surface area contributed by atoms with Crippen LogP contribution in [-0.2, 0) is 14.3 Å². The number of aliphatic hydroxyl groups excluding tert-OH is 1. The summed E-state index contributed by atoms with van der Waals surface area (Å²) in [4.78, 5) is 35.9. The topological polar surface area (TPSA) is 162 Å². The number of carbonyl (C=O) groups excluding carboxylic acids is 2. The van der Waals surface area contributed by atoms with Gasteiger partial charge in [-0.05, 0) is 98.6 Å². The number of phenols is 3. The average molecular weight is 539 g/mol. The lowest BCUT2D eigenvalue weighted by atomic mass is 9.95. The SMILES string of the molecule is CC(=CCCC(CO)CCCC(=CC(=O)c1cc(O)ccc1O)C(=O)O)COC(=O)C=Cc1ccc(O)cc1. The number of allylic oxidation sites excluding steroid dienone is 2. The Morgan fingerprint density at radius 2 is 1.67 bits per heavy atom.